The van der Waals surface area contributed by atoms with Gasteiger partial charge in [0.2, 0.25) is 5.91 Å². The smallest absolute Gasteiger partial charge is 0.410 e. The van der Waals surface area contributed by atoms with E-state index in [2.05, 4.69) is 10.2 Å². The van der Waals surface area contributed by atoms with Crippen molar-refractivity contribution in [3.63, 3.8) is 0 Å². The second-order valence-electron chi connectivity index (χ2n) is 13.6. The van der Waals surface area contributed by atoms with Gasteiger partial charge in [0, 0.05) is 38.0 Å². The minimum Gasteiger partial charge on any atom is -0.492 e. The predicted octanol–water partition coefficient (Wildman–Crippen LogP) is 4.56. The lowest BCUT2D eigenvalue weighted by atomic mass is 9.87. The Bertz CT molecular complexity index is 1500. The highest BCUT2D eigenvalue weighted by molar-refractivity contribution is 5.80. The Balaban J connectivity index is 1.35. The zero-order valence-corrected chi connectivity index (χ0v) is 29.6. The Labute approximate surface area is 296 Å². The Morgan fingerprint density at radius 3 is 2.34 bits per heavy atom. The first-order chi connectivity index (χ1) is 24.2. The fraction of sp³-hybridized carbons (Fsp3) is 0.500. The average molecular weight is 688 g/mol. The number of carbonyl (C=O) groups is 2. The monoisotopic (exact) mass is 687 g/mol. The summed E-state index contributed by atoms with van der Waals surface area (Å²) in [6.45, 7) is 10.5. The molecule has 0 unspecified atom stereocenters. The second-order valence-corrected chi connectivity index (χ2v) is 13.6. The molecule has 50 heavy (non-hydrogen) atoms. The molecule has 10 heteroatoms. The molecule has 2 aliphatic rings. The molecule has 0 radical (unpaired) electrons. The second kappa shape index (κ2) is 18.3. The van der Waals surface area contributed by atoms with E-state index in [0.717, 1.165) is 60.9 Å². The quantitative estimate of drug-likeness (QED) is 0.201. The first-order valence-electron chi connectivity index (χ1n) is 18.0. The average Bonchev–Trinajstić information content (AvgIpc) is 3.43. The van der Waals surface area contributed by atoms with Crippen LogP contribution < -0.4 is 10.1 Å². The van der Waals surface area contributed by atoms with Gasteiger partial charge in [0.25, 0.3) is 0 Å². The van der Waals surface area contributed by atoms with Crippen molar-refractivity contribution in [2.24, 2.45) is 5.92 Å². The van der Waals surface area contributed by atoms with E-state index in [1.54, 1.807) is 11.8 Å². The zero-order valence-electron chi connectivity index (χ0n) is 29.6. The van der Waals surface area contributed by atoms with E-state index in [9.17, 15) is 19.8 Å². The Morgan fingerprint density at radius 2 is 1.64 bits per heavy atom. The third kappa shape index (κ3) is 10.1. The molecule has 1 aliphatic heterocycles. The molecule has 3 N–H and O–H groups in total. The largest absolute Gasteiger partial charge is 0.492 e. The number of morpholine rings is 1. The maximum Gasteiger partial charge on any atom is 0.410 e. The number of benzene rings is 3. The van der Waals surface area contributed by atoms with Crippen LogP contribution in [0.5, 0.6) is 5.75 Å². The van der Waals surface area contributed by atoms with Crippen LogP contribution in [0.1, 0.15) is 55.5 Å². The van der Waals surface area contributed by atoms with Crippen LogP contribution >= 0.6 is 0 Å². The lowest BCUT2D eigenvalue weighted by Gasteiger charge is -2.38. The van der Waals surface area contributed by atoms with Crippen LogP contribution in [0.2, 0.25) is 0 Å². The summed E-state index contributed by atoms with van der Waals surface area (Å²) >= 11 is 0. The van der Waals surface area contributed by atoms with Crippen LogP contribution in [-0.2, 0) is 33.5 Å². The molecule has 3 aromatic carbocycles. The van der Waals surface area contributed by atoms with Gasteiger partial charge in [-0.2, -0.15) is 0 Å². The molecule has 0 bridgehead atoms. The Hall–Kier alpha value is -3.96. The van der Waals surface area contributed by atoms with Gasteiger partial charge >= 0.3 is 6.09 Å². The van der Waals surface area contributed by atoms with Gasteiger partial charge in [-0.15, -0.1) is 0 Å². The summed E-state index contributed by atoms with van der Waals surface area (Å²) in [5, 5.41) is 26.1. The lowest BCUT2D eigenvalue weighted by Crippen LogP contribution is -2.53. The van der Waals surface area contributed by atoms with E-state index in [-0.39, 0.29) is 25.0 Å². The summed E-state index contributed by atoms with van der Waals surface area (Å²) in [4.78, 5) is 31.4. The number of hydrogen-bond acceptors (Lipinski definition) is 8. The van der Waals surface area contributed by atoms with Crippen LogP contribution in [0.4, 0.5) is 4.79 Å². The summed E-state index contributed by atoms with van der Waals surface area (Å²) in [6.07, 6.45) is -1.02. The van der Waals surface area contributed by atoms with Crippen molar-refractivity contribution in [2.45, 2.75) is 76.8 Å². The number of rotatable bonds is 16. The van der Waals surface area contributed by atoms with Crippen molar-refractivity contribution < 1.29 is 34.0 Å². The normalized spacial score (nSPS) is 19.3. The van der Waals surface area contributed by atoms with Crippen molar-refractivity contribution in [2.75, 3.05) is 46.1 Å². The molecule has 3 aromatic rings. The van der Waals surface area contributed by atoms with Crippen molar-refractivity contribution in [3.8, 4) is 5.75 Å². The van der Waals surface area contributed by atoms with Gasteiger partial charge < -0.3 is 29.7 Å². The van der Waals surface area contributed by atoms with Crippen molar-refractivity contribution in [1.29, 1.82) is 0 Å². The summed E-state index contributed by atoms with van der Waals surface area (Å²) in [5.74, 6) is -0.174. The standard InChI is InChI=1S/C40H53N3O7/c1-4-49-40(47)43(28(2)3)35(25-29-10-6-5-7-11-29)36(44)27-32(39(46)41-38-34-13-9-8-12-31(34)26-37(38)45)24-30-14-16-33(17-15-30)50-23-20-42-18-21-48-22-19-42/h5-17,28,32,35-38,44-45H,4,18-27H2,1-3H3,(H,41,46)/t32-,35+,36+,37-,38+/m1/s1. The molecule has 1 fully saturated rings. The Kier molecular flexibility index (Phi) is 13.7. The SMILES string of the molecule is CCOC(=O)N(C(C)C)[C@@H](Cc1ccccc1)[C@@H](O)C[C@@H](Cc1ccc(OCCN2CCOCC2)cc1)C(=O)N[C@H]1c2ccccc2C[C@H]1O. The van der Waals surface area contributed by atoms with Crippen LogP contribution in [0, 0.1) is 5.92 Å². The molecule has 5 rings (SSSR count). The number of carbonyl (C=O) groups excluding carboxylic acids is 2. The fourth-order valence-electron chi connectivity index (χ4n) is 7.08. The van der Waals surface area contributed by atoms with Crippen LogP contribution in [0.25, 0.3) is 0 Å². The van der Waals surface area contributed by atoms with E-state index >= 15 is 0 Å². The van der Waals surface area contributed by atoms with Crippen LogP contribution in [0.3, 0.4) is 0 Å². The van der Waals surface area contributed by atoms with E-state index < -0.39 is 36.3 Å². The van der Waals surface area contributed by atoms with Gasteiger partial charge in [0.1, 0.15) is 12.4 Å². The first kappa shape index (κ1) is 37.3. The zero-order chi connectivity index (χ0) is 35.5. The highest BCUT2D eigenvalue weighted by Gasteiger charge is 2.38. The van der Waals surface area contributed by atoms with E-state index in [1.807, 2.05) is 92.7 Å². The van der Waals surface area contributed by atoms with Gasteiger partial charge in [-0.3, -0.25) is 14.6 Å². The summed E-state index contributed by atoms with van der Waals surface area (Å²) in [6, 6.07) is 23.8. The van der Waals surface area contributed by atoms with E-state index in [0.29, 0.717) is 25.9 Å². The summed E-state index contributed by atoms with van der Waals surface area (Å²) in [5.41, 5.74) is 3.79. The van der Waals surface area contributed by atoms with Gasteiger partial charge in [-0.05, 0) is 74.4 Å². The molecule has 2 amide bonds. The van der Waals surface area contributed by atoms with Crippen LogP contribution in [-0.4, -0.2) is 102 Å². The highest BCUT2D eigenvalue weighted by Crippen LogP contribution is 2.32. The number of aliphatic hydroxyl groups is 2. The summed E-state index contributed by atoms with van der Waals surface area (Å²) in [7, 11) is 0. The predicted molar refractivity (Wildman–Crippen MR) is 192 cm³/mol. The molecule has 5 atom stereocenters. The van der Waals surface area contributed by atoms with Crippen molar-refractivity contribution >= 4 is 12.0 Å². The maximum atomic E-state index is 14.2. The van der Waals surface area contributed by atoms with Crippen molar-refractivity contribution in [1.82, 2.24) is 15.1 Å². The van der Waals surface area contributed by atoms with Crippen molar-refractivity contribution in [3.05, 3.63) is 101 Å². The van der Waals surface area contributed by atoms with Gasteiger partial charge in [0.15, 0.2) is 0 Å². The molecule has 1 saturated heterocycles. The molecule has 0 saturated carbocycles. The number of amides is 2. The molecule has 1 aliphatic carbocycles. The highest BCUT2D eigenvalue weighted by atomic mass is 16.6. The van der Waals surface area contributed by atoms with Gasteiger partial charge in [-0.25, -0.2) is 4.79 Å². The molecule has 0 aromatic heterocycles. The molecule has 0 spiro atoms. The molecule has 270 valence electrons. The number of hydrogen-bond donors (Lipinski definition) is 3. The minimum absolute atomic E-state index is 0.0915. The number of aliphatic hydroxyl groups excluding tert-OH is 2. The fourth-order valence-corrected chi connectivity index (χ4v) is 7.08. The topological polar surface area (TPSA) is 121 Å². The van der Waals surface area contributed by atoms with E-state index in [4.69, 9.17) is 14.2 Å². The Morgan fingerprint density at radius 1 is 0.960 bits per heavy atom. The third-order valence-corrected chi connectivity index (χ3v) is 9.71. The first-order valence-corrected chi connectivity index (χ1v) is 18.0. The molecular formula is C40H53N3O7. The third-order valence-electron chi connectivity index (χ3n) is 9.71. The lowest BCUT2D eigenvalue weighted by molar-refractivity contribution is -0.128. The molecule has 10 nitrogen and oxygen atoms in total. The van der Waals surface area contributed by atoms with Gasteiger partial charge in [0.05, 0.1) is 44.1 Å². The van der Waals surface area contributed by atoms with Gasteiger partial charge in [-0.1, -0.05) is 66.7 Å². The molecular weight excluding hydrogens is 634 g/mol. The molecule has 1 heterocycles. The number of ether oxygens (including phenoxy) is 3. The number of nitrogens with zero attached hydrogens (tertiary/aromatic N) is 2. The maximum absolute atomic E-state index is 14.2. The number of nitrogens with one attached hydrogen (secondary N) is 1. The number of fused-ring (bicyclic) bond motifs is 1. The van der Waals surface area contributed by atoms with E-state index in [1.165, 1.54) is 0 Å². The van der Waals surface area contributed by atoms with Crippen LogP contribution in [0.15, 0.2) is 78.9 Å². The summed E-state index contributed by atoms with van der Waals surface area (Å²) < 4.78 is 16.9. The minimum atomic E-state index is -1.05.